The molecule has 1 heterocycles. The summed E-state index contributed by atoms with van der Waals surface area (Å²) in [5.74, 6) is 1.03. The van der Waals surface area contributed by atoms with Crippen LogP contribution in [-0.2, 0) is 0 Å². The fourth-order valence-corrected chi connectivity index (χ4v) is 1.19. The van der Waals surface area contributed by atoms with E-state index in [1.165, 1.54) is 11.9 Å². The van der Waals surface area contributed by atoms with Gasteiger partial charge in [0.2, 0.25) is 5.88 Å². The van der Waals surface area contributed by atoms with Crippen LogP contribution < -0.4 is 15.8 Å². The lowest BCUT2D eigenvalue weighted by molar-refractivity contribution is 0.234. The molecule has 5 nitrogen and oxygen atoms in total. The van der Waals surface area contributed by atoms with E-state index >= 15 is 0 Å². The summed E-state index contributed by atoms with van der Waals surface area (Å²) in [5, 5.41) is 3.13. The van der Waals surface area contributed by atoms with Gasteiger partial charge in [-0.2, -0.15) is 4.98 Å². The summed E-state index contributed by atoms with van der Waals surface area (Å²) in [4.78, 5) is 8.10. The quantitative estimate of drug-likeness (QED) is 0.767. The third kappa shape index (κ3) is 4.30. The van der Waals surface area contributed by atoms with Crippen molar-refractivity contribution in [3.63, 3.8) is 0 Å². The van der Waals surface area contributed by atoms with Crippen molar-refractivity contribution >= 4 is 11.5 Å². The van der Waals surface area contributed by atoms with Crippen LogP contribution in [0, 0.1) is 0 Å². The van der Waals surface area contributed by atoms with Crippen molar-refractivity contribution in [1.29, 1.82) is 0 Å². The normalized spacial score (nSPS) is 10.2. The van der Waals surface area contributed by atoms with E-state index in [0.29, 0.717) is 23.9 Å². The second-order valence-electron chi connectivity index (χ2n) is 4.27. The summed E-state index contributed by atoms with van der Waals surface area (Å²) >= 11 is 0. The van der Waals surface area contributed by atoms with Crippen LogP contribution in [0.3, 0.4) is 0 Å². The molecule has 0 radical (unpaired) electrons. The molecule has 0 unspecified atom stereocenters. The van der Waals surface area contributed by atoms with E-state index < -0.39 is 0 Å². The fraction of sp³-hybridized carbons (Fsp3) is 0.500. The van der Waals surface area contributed by atoms with Crippen LogP contribution in [0.2, 0.25) is 0 Å². The summed E-state index contributed by atoms with van der Waals surface area (Å²) in [6.45, 7) is 8.62. The third-order valence-electron chi connectivity index (χ3n) is 1.97. The highest BCUT2D eigenvalue weighted by atomic mass is 16.5. The summed E-state index contributed by atoms with van der Waals surface area (Å²) in [7, 11) is 0. The molecule has 1 rings (SSSR count). The Bertz CT molecular complexity index is 397. The number of rotatable bonds is 5. The maximum absolute atomic E-state index is 5.92. The van der Waals surface area contributed by atoms with Crippen LogP contribution in [0.1, 0.15) is 27.7 Å². The summed E-state index contributed by atoms with van der Waals surface area (Å²) in [6.07, 6.45) is 3.54. The molecular formula is C12H20N4O. The first kappa shape index (κ1) is 13.3. The zero-order valence-electron chi connectivity index (χ0n) is 10.8. The van der Waals surface area contributed by atoms with Crippen molar-refractivity contribution in [3.05, 3.63) is 18.0 Å². The minimum atomic E-state index is 0.0397. The van der Waals surface area contributed by atoms with Gasteiger partial charge in [0.05, 0.1) is 6.10 Å². The highest BCUT2D eigenvalue weighted by Crippen LogP contribution is 2.25. The zero-order chi connectivity index (χ0) is 12.8. The first-order chi connectivity index (χ1) is 8.00. The number of allylic oxidation sites excluding steroid dienone is 1. The molecule has 0 atom stereocenters. The molecule has 5 heteroatoms. The summed E-state index contributed by atoms with van der Waals surface area (Å²) < 4.78 is 5.48. The van der Waals surface area contributed by atoms with Crippen molar-refractivity contribution in [1.82, 2.24) is 9.97 Å². The topological polar surface area (TPSA) is 73.1 Å². The highest BCUT2D eigenvalue weighted by molar-refractivity contribution is 5.66. The Labute approximate surface area is 102 Å². The molecule has 0 bridgehead atoms. The monoisotopic (exact) mass is 236 g/mol. The fourth-order valence-electron chi connectivity index (χ4n) is 1.19. The van der Waals surface area contributed by atoms with Gasteiger partial charge in [-0.3, -0.25) is 0 Å². The van der Waals surface area contributed by atoms with Gasteiger partial charge in [0, 0.05) is 6.54 Å². The van der Waals surface area contributed by atoms with Gasteiger partial charge in [0.25, 0.3) is 0 Å². The first-order valence-corrected chi connectivity index (χ1v) is 5.65. The van der Waals surface area contributed by atoms with Gasteiger partial charge in [-0.05, 0) is 27.7 Å². The minimum absolute atomic E-state index is 0.0397. The van der Waals surface area contributed by atoms with Crippen LogP contribution in [0.15, 0.2) is 18.0 Å². The van der Waals surface area contributed by atoms with E-state index in [1.54, 1.807) is 0 Å². The Hall–Kier alpha value is -1.78. The van der Waals surface area contributed by atoms with E-state index in [1.807, 2.05) is 27.7 Å². The maximum Gasteiger partial charge on any atom is 0.242 e. The first-order valence-electron chi connectivity index (χ1n) is 5.65. The largest absolute Gasteiger partial charge is 0.473 e. The Balaban J connectivity index is 2.76. The molecular weight excluding hydrogens is 216 g/mol. The van der Waals surface area contributed by atoms with Gasteiger partial charge >= 0.3 is 0 Å². The minimum Gasteiger partial charge on any atom is -0.473 e. The van der Waals surface area contributed by atoms with E-state index in [9.17, 15) is 0 Å². The maximum atomic E-state index is 5.92. The van der Waals surface area contributed by atoms with E-state index in [2.05, 4.69) is 21.4 Å². The predicted octanol–water partition coefficient (Wildman–Crippen LogP) is 2.22. The number of ether oxygens (including phenoxy) is 1. The van der Waals surface area contributed by atoms with Gasteiger partial charge in [-0.15, -0.1) is 0 Å². The number of hydrogen-bond donors (Lipinski definition) is 2. The van der Waals surface area contributed by atoms with Crippen molar-refractivity contribution in [2.24, 2.45) is 0 Å². The Morgan fingerprint density at radius 1 is 1.47 bits per heavy atom. The lowest BCUT2D eigenvalue weighted by Crippen LogP contribution is -2.12. The molecule has 0 amide bonds. The average molecular weight is 236 g/mol. The Morgan fingerprint density at radius 3 is 2.76 bits per heavy atom. The number of anilines is 2. The molecule has 0 saturated carbocycles. The number of hydrogen-bond acceptors (Lipinski definition) is 5. The van der Waals surface area contributed by atoms with Gasteiger partial charge in [-0.25, -0.2) is 4.98 Å². The van der Waals surface area contributed by atoms with Crippen LogP contribution in [0.5, 0.6) is 5.88 Å². The molecule has 17 heavy (non-hydrogen) atoms. The number of nitrogens with one attached hydrogen (secondary N) is 1. The molecule has 1 aromatic heterocycles. The van der Waals surface area contributed by atoms with Gasteiger partial charge in [-0.1, -0.05) is 11.6 Å². The SMILES string of the molecule is CC(C)=CCNc1ncnc(OC(C)C)c1N. The summed E-state index contributed by atoms with van der Waals surface area (Å²) in [5.41, 5.74) is 7.60. The molecule has 0 aliphatic rings. The standard InChI is InChI=1S/C12H20N4O/c1-8(2)5-6-14-11-10(13)12(16-7-15-11)17-9(3)4/h5,7,9H,6,13H2,1-4H3,(H,14,15,16). The summed E-state index contributed by atoms with van der Waals surface area (Å²) in [6, 6.07) is 0. The Kier molecular flexibility index (Phi) is 4.75. The molecule has 0 aliphatic carbocycles. The van der Waals surface area contributed by atoms with Crippen LogP contribution in [0.4, 0.5) is 11.5 Å². The van der Waals surface area contributed by atoms with Gasteiger partial charge < -0.3 is 15.8 Å². The highest BCUT2D eigenvalue weighted by Gasteiger charge is 2.09. The molecule has 3 N–H and O–H groups in total. The third-order valence-corrected chi connectivity index (χ3v) is 1.97. The lowest BCUT2D eigenvalue weighted by Gasteiger charge is -2.13. The lowest BCUT2D eigenvalue weighted by atomic mass is 10.3. The zero-order valence-corrected chi connectivity index (χ0v) is 10.8. The number of nitrogen functional groups attached to an aromatic ring is 1. The Morgan fingerprint density at radius 2 is 2.18 bits per heavy atom. The predicted molar refractivity (Wildman–Crippen MR) is 70.1 cm³/mol. The van der Waals surface area contributed by atoms with Crippen molar-refractivity contribution in [2.75, 3.05) is 17.6 Å². The molecule has 94 valence electrons. The molecule has 0 aliphatic heterocycles. The molecule has 0 spiro atoms. The van der Waals surface area contributed by atoms with Crippen molar-refractivity contribution < 1.29 is 4.74 Å². The van der Waals surface area contributed by atoms with E-state index in [0.717, 1.165) is 0 Å². The van der Waals surface area contributed by atoms with Gasteiger partial charge in [0.15, 0.2) is 5.82 Å². The number of nitrogens with two attached hydrogens (primary N) is 1. The van der Waals surface area contributed by atoms with E-state index in [-0.39, 0.29) is 6.10 Å². The van der Waals surface area contributed by atoms with E-state index in [4.69, 9.17) is 10.5 Å². The van der Waals surface area contributed by atoms with Gasteiger partial charge in [0.1, 0.15) is 12.0 Å². The second-order valence-corrected chi connectivity index (χ2v) is 4.27. The smallest absolute Gasteiger partial charge is 0.242 e. The average Bonchev–Trinajstić information content (AvgIpc) is 2.22. The van der Waals surface area contributed by atoms with Crippen LogP contribution in [0.25, 0.3) is 0 Å². The second kappa shape index (κ2) is 6.08. The molecule has 1 aromatic rings. The van der Waals surface area contributed by atoms with Crippen molar-refractivity contribution in [3.8, 4) is 5.88 Å². The van der Waals surface area contributed by atoms with Crippen LogP contribution in [-0.4, -0.2) is 22.6 Å². The molecule has 0 fully saturated rings. The molecule has 0 saturated heterocycles. The number of aromatic nitrogens is 2. The number of nitrogens with zero attached hydrogens (tertiary/aromatic N) is 2. The molecule has 0 aromatic carbocycles. The van der Waals surface area contributed by atoms with Crippen molar-refractivity contribution in [2.45, 2.75) is 33.8 Å². The van der Waals surface area contributed by atoms with Crippen LogP contribution >= 0.6 is 0 Å².